The second kappa shape index (κ2) is 19.5. The molecule has 1 aliphatic carbocycles. The number of ether oxygens (including phenoxy) is 1. The van der Waals surface area contributed by atoms with Gasteiger partial charge in [0.2, 0.25) is 11.8 Å². The summed E-state index contributed by atoms with van der Waals surface area (Å²) in [6.45, 7) is 1.20. The Hall–Kier alpha value is -2.83. The number of aliphatic hydroxyl groups is 1. The summed E-state index contributed by atoms with van der Waals surface area (Å²) in [7, 11) is 1.35. The van der Waals surface area contributed by atoms with E-state index in [1.165, 1.54) is 25.3 Å². The number of carbonyl (C=O) groups is 4. The first-order chi connectivity index (χ1) is 21.2. The number of benzene rings is 1. The zero-order chi connectivity index (χ0) is 31.7. The first-order valence-electron chi connectivity index (χ1n) is 16.0. The molecule has 0 radical (unpaired) electrons. The number of piperidine rings is 1. The van der Waals surface area contributed by atoms with Gasteiger partial charge in [-0.3, -0.25) is 14.4 Å². The molecule has 44 heavy (non-hydrogen) atoms. The zero-order valence-electron chi connectivity index (χ0n) is 26.0. The van der Waals surface area contributed by atoms with Gasteiger partial charge in [-0.2, -0.15) is 11.8 Å². The van der Waals surface area contributed by atoms with Crippen LogP contribution >= 0.6 is 11.8 Å². The lowest BCUT2D eigenvalue weighted by Crippen LogP contribution is -2.54. The van der Waals surface area contributed by atoms with E-state index >= 15 is 0 Å². The molecule has 1 aliphatic heterocycles. The maximum Gasteiger partial charge on any atom is 0.318 e. The number of hydrogen-bond acceptors (Lipinski definition) is 8. The van der Waals surface area contributed by atoms with Crippen molar-refractivity contribution >= 4 is 35.6 Å². The summed E-state index contributed by atoms with van der Waals surface area (Å²) in [4.78, 5) is 52.3. The van der Waals surface area contributed by atoms with E-state index in [0.29, 0.717) is 44.0 Å². The van der Waals surface area contributed by atoms with Crippen molar-refractivity contribution in [3.8, 4) is 0 Å². The number of esters is 1. The van der Waals surface area contributed by atoms with Crippen LogP contribution < -0.4 is 21.7 Å². The summed E-state index contributed by atoms with van der Waals surface area (Å²) in [6.07, 6.45) is 7.94. The maximum absolute atomic E-state index is 13.2. The number of methoxy groups -OCH3 is 1. The molecule has 0 bridgehead atoms. The van der Waals surface area contributed by atoms with Crippen LogP contribution in [0, 0.1) is 5.92 Å². The predicted molar refractivity (Wildman–Crippen MR) is 172 cm³/mol. The molecule has 11 nitrogen and oxygen atoms in total. The molecule has 0 unspecified atom stereocenters. The van der Waals surface area contributed by atoms with Gasteiger partial charge in [-0.15, -0.1) is 0 Å². The highest BCUT2D eigenvalue weighted by Gasteiger charge is 2.28. The molecular formula is C32H51N5O6S. The number of likely N-dealkylation sites (tertiary alicyclic amines) is 1. The summed E-state index contributed by atoms with van der Waals surface area (Å²) in [5.74, 6) is 0.332. The number of nitrogens with one attached hydrogen (secondary N) is 3. The minimum absolute atomic E-state index is 0.0483. The molecule has 1 aromatic carbocycles. The Morgan fingerprint density at radius 2 is 1.75 bits per heavy atom. The third-order valence-electron chi connectivity index (χ3n) is 8.50. The van der Waals surface area contributed by atoms with Crippen molar-refractivity contribution in [1.82, 2.24) is 20.9 Å². The average Bonchev–Trinajstić information content (AvgIpc) is 3.03. The van der Waals surface area contributed by atoms with Crippen LogP contribution in [0.5, 0.6) is 0 Å². The van der Waals surface area contributed by atoms with Crippen LogP contribution in [0.25, 0.3) is 0 Å². The quantitative estimate of drug-likeness (QED) is 0.137. The normalized spacial score (nSPS) is 18.1. The fourth-order valence-corrected chi connectivity index (χ4v) is 6.65. The predicted octanol–water partition coefficient (Wildman–Crippen LogP) is 2.35. The van der Waals surface area contributed by atoms with Crippen LogP contribution in [-0.4, -0.2) is 96.3 Å². The van der Waals surface area contributed by atoms with Crippen LogP contribution in [0.2, 0.25) is 0 Å². The van der Waals surface area contributed by atoms with Crippen LogP contribution in [0.3, 0.4) is 0 Å². The average molecular weight is 634 g/mol. The number of aliphatic hydroxyl groups excluding tert-OH is 1. The summed E-state index contributed by atoms with van der Waals surface area (Å²) < 4.78 is 4.67. The molecule has 246 valence electrons. The van der Waals surface area contributed by atoms with Crippen LogP contribution in [0.1, 0.15) is 69.8 Å². The lowest BCUT2D eigenvalue weighted by Gasteiger charge is -2.31. The van der Waals surface area contributed by atoms with Gasteiger partial charge >= 0.3 is 12.0 Å². The number of nitrogens with two attached hydrogens (primary N) is 1. The highest BCUT2D eigenvalue weighted by atomic mass is 32.2. The van der Waals surface area contributed by atoms with Gasteiger partial charge in [-0.05, 0) is 42.9 Å². The first kappa shape index (κ1) is 35.6. The van der Waals surface area contributed by atoms with Gasteiger partial charge in [0, 0.05) is 38.5 Å². The molecular weight excluding hydrogens is 582 g/mol. The number of thioether (sulfide) groups is 1. The molecule has 3 atom stereocenters. The van der Waals surface area contributed by atoms with Gasteiger partial charge in [0.05, 0.1) is 25.0 Å². The third-order valence-corrected chi connectivity index (χ3v) is 9.47. The van der Waals surface area contributed by atoms with E-state index in [1.807, 2.05) is 30.3 Å². The second-order valence-corrected chi connectivity index (χ2v) is 13.1. The van der Waals surface area contributed by atoms with E-state index in [-0.39, 0.29) is 48.6 Å². The van der Waals surface area contributed by atoms with Crippen molar-refractivity contribution in [3.05, 3.63) is 35.9 Å². The molecule has 1 heterocycles. The van der Waals surface area contributed by atoms with Gasteiger partial charge in [-0.1, -0.05) is 62.4 Å². The summed E-state index contributed by atoms with van der Waals surface area (Å²) in [5, 5.41) is 19.7. The zero-order valence-corrected chi connectivity index (χ0v) is 26.8. The smallest absolute Gasteiger partial charge is 0.318 e. The Bertz CT molecular complexity index is 1030. The fraction of sp³-hybridized carbons (Fsp3) is 0.688. The SMILES string of the molecule is COC(=O)CSCC[C@H](O)[C@H](CC1CCCCC1)NC(=O)CCNC(=O)[C@H](Cc1ccccc1)NC(=O)N1CCC(N)CC1. The molecule has 4 amide bonds. The number of rotatable bonds is 16. The molecule has 0 spiro atoms. The number of carbonyl (C=O) groups excluding carboxylic acids is 4. The Morgan fingerprint density at radius 1 is 1.05 bits per heavy atom. The van der Waals surface area contributed by atoms with E-state index in [9.17, 15) is 24.3 Å². The molecule has 2 fully saturated rings. The first-order valence-corrected chi connectivity index (χ1v) is 17.1. The summed E-state index contributed by atoms with van der Waals surface area (Å²) >= 11 is 1.40. The second-order valence-electron chi connectivity index (χ2n) is 12.0. The Morgan fingerprint density at radius 3 is 2.43 bits per heavy atom. The molecule has 1 saturated heterocycles. The third kappa shape index (κ3) is 13.0. The summed E-state index contributed by atoms with van der Waals surface area (Å²) in [6, 6.07) is 8.08. The van der Waals surface area contributed by atoms with Crippen molar-refractivity contribution in [1.29, 1.82) is 0 Å². The molecule has 1 saturated carbocycles. The number of hydrogen-bond donors (Lipinski definition) is 5. The highest BCUT2D eigenvalue weighted by Crippen LogP contribution is 2.28. The van der Waals surface area contributed by atoms with Gasteiger partial charge in [0.1, 0.15) is 6.04 Å². The lowest BCUT2D eigenvalue weighted by atomic mass is 9.83. The van der Waals surface area contributed by atoms with Crippen molar-refractivity contribution < 1.29 is 29.0 Å². The lowest BCUT2D eigenvalue weighted by molar-refractivity contribution is -0.137. The summed E-state index contributed by atoms with van der Waals surface area (Å²) in [5.41, 5.74) is 6.89. The van der Waals surface area contributed by atoms with Crippen molar-refractivity contribution in [3.63, 3.8) is 0 Å². The monoisotopic (exact) mass is 633 g/mol. The Labute approximate surface area is 265 Å². The molecule has 12 heteroatoms. The van der Waals surface area contributed by atoms with Gasteiger partial charge < -0.3 is 36.4 Å². The van der Waals surface area contributed by atoms with Gasteiger partial charge in [-0.25, -0.2) is 4.79 Å². The van der Waals surface area contributed by atoms with Crippen molar-refractivity contribution in [2.45, 2.75) is 94.9 Å². The van der Waals surface area contributed by atoms with E-state index in [4.69, 9.17) is 5.73 Å². The van der Waals surface area contributed by atoms with Crippen LogP contribution in [0.15, 0.2) is 30.3 Å². The maximum atomic E-state index is 13.2. The highest BCUT2D eigenvalue weighted by molar-refractivity contribution is 7.99. The Balaban J connectivity index is 1.52. The number of urea groups is 1. The molecule has 3 rings (SSSR count). The van der Waals surface area contributed by atoms with E-state index in [0.717, 1.165) is 44.1 Å². The van der Waals surface area contributed by atoms with Gasteiger partial charge in [0.15, 0.2) is 0 Å². The van der Waals surface area contributed by atoms with E-state index < -0.39 is 18.2 Å². The minimum Gasteiger partial charge on any atom is -0.468 e. The van der Waals surface area contributed by atoms with E-state index in [2.05, 4.69) is 20.7 Å². The van der Waals surface area contributed by atoms with Crippen LogP contribution in [0.4, 0.5) is 4.79 Å². The molecule has 1 aromatic rings. The van der Waals surface area contributed by atoms with Crippen molar-refractivity contribution in [2.75, 3.05) is 38.2 Å². The fourth-order valence-electron chi connectivity index (χ4n) is 5.82. The molecule has 2 aliphatic rings. The molecule has 6 N–H and O–H groups in total. The van der Waals surface area contributed by atoms with Crippen molar-refractivity contribution in [2.24, 2.45) is 11.7 Å². The topological polar surface area (TPSA) is 163 Å². The number of nitrogens with zero attached hydrogens (tertiary/aromatic N) is 1. The van der Waals surface area contributed by atoms with Gasteiger partial charge in [0.25, 0.3) is 0 Å². The molecule has 0 aromatic heterocycles. The van der Waals surface area contributed by atoms with Crippen LogP contribution in [-0.2, 0) is 25.5 Å². The Kier molecular flexibility index (Phi) is 15.8. The largest absolute Gasteiger partial charge is 0.468 e. The van der Waals surface area contributed by atoms with E-state index in [1.54, 1.807) is 4.90 Å². The minimum atomic E-state index is -0.799. The standard InChI is InChI=1S/C32H51N5O6S/c1-43-30(40)22-44-19-15-28(38)26(20-23-8-4-2-5-9-23)35-29(39)12-16-34-31(41)27(21-24-10-6-3-7-11-24)36-32(42)37-17-13-25(33)14-18-37/h3,6-7,10-11,23,25-28,38H,2,4-5,8-9,12-22,33H2,1H3,(H,34,41)(H,35,39)(H,36,42)/t26-,27-,28-/m0/s1. The number of amides is 4.